The van der Waals surface area contributed by atoms with Crippen LogP contribution in [0, 0.1) is 13.8 Å². The molecule has 2 amide bonds. The molecule has 0 fully saturated rings. The Morgan fingerprint density at radius 3 is 1.24 bits per heavy atom. The van der Waals surface area contributed by atoms with Gasteiger partial charge in [0.25, 0.3) is 11.8 Å². The van der Waals surface area contributed by atoms with E-state index in [9.17, 15) is 19.2 Å². The first kappa shape index (κ1) is 37.8. The zero-order valence-corrected chi connectivity index (χ0v) is 24.6. The van der Waals surface area contributed by atoms with Crippen LogP contribution in [-0.4, -0.2) is 69.6 Å². The third kappa shape index (κ3) is 13.9. The third-order valence-corrected chi connectivity index (χ3v) is 5.43. The molecular weight excluding hydrogens is 552 g/mol. The zero-order chi connectivity index (χ0) is 32.6. The van der Waals surface area contributed by atoms with Gasteiger partial charge in [0.2, 0.25) is 0 Å². The highest BCUT2D eigenvalue weighted by Crippen LogP contribution is 2.28. The molecule has 2 aromatic carbocycles. The van der Waals surface area contributed by atoms with Crippen molar-refractivity contribution in [3.05, 3.63) is 58.7 Å². The van der Waals surface area contributed by atoms with Crippen LogP contribution in [0.25, 0.3) is 0 Å². The number of ether oxygens (including phenoxy) is 2. The summed E-state index contributed by atoms with van der Waals surface area (Å²) >= 11 is 0. The van der Waals surface area contributed by atoms with E-state index in [4.69, 9.17) is 41.6 Å². The van der Waals surface area contributed by atoms with E-state index in [1.807, 2.05) is 61.1 Å². The van der Waals surface area contributed by atoms with Gasteiger partial charge in [-0.3, -0.25) is 20.4 Å². The number of rotatable bonds is 11. The van der Waals surface area contributed by atoms with Crippen molar-refractivity contribution in [3.63, 3.8) is 0 Å². The van der Waals surface area contributed by atoms with Gasteiger partial charge in [-0.15, -0.1) is 0 Å². The van der Waals surface area contributed by atoms with Crippen LogP contribution in [-0.2, 0) is 19.2 Å². The van der Waals surface area contributed by atoms with E-state index in [2.05, 4.69) is 27.7 Å². The largest absolute Gasteiger partial charge is 0.483 e. The number of aryl methyl sites for hydroxylation is 2. The normalized spacial score (nSPS) is 11.6. The maximum Gasteiger partial charge on any atom is 0.335 e. The van der Waals surface area contributed by atoms with Crippen LogP contribution >= 0.6 is 0 Å². The monoisotopic (exact) mass is 594 g/mol. The Morgan fingerprint density at radius 2 is 1.00 bits per heavy atom. The number of hydrazine groups is 2. The van der Waals surface area contributed by atoms with Gasteiger partial charge in [0.05, 0.1) is 0 Å². The molecule has 0 aliphatic rings. The smallest absolute Gasteiger partial charge is 0.335 e. The molecule has 2 unspecified atom stereocenters. The molecular formula is C28H42N4O10. The number of hydrogen-bond donors (Lipinski definition) is 8. The summed E-state index contributed by atoms with van der Waals surface area (Å²) in [5.41, 5.74) is 8.46. The van der Waals surface area contributed by atoms with Crippen LogP contribution in [0.3, 0.4) is 0 Å². The Hall–Kier alpha value is -4.24. The fraction of sp³-hybridized carbons (Fsp3) is 0.429. The van der Waals surface area contributed by atoms with Gasteiger partial charge in [-0.2, -0.15) is 0 Å². The average molecular weight is 595 g/mol. The minimum Gasteiger partial charge on any atom is -0.483 e. The van der Waals surface area contributed by atoms with Crippen LogP contribution in [0.1, 0.15) is 61.8 Å². The van der Waals surface area contributed by atoms with Gasteiger partial charge in [0.1, 0.15) is 11.5 Å². The number of carbonyl (C=O) groups is 4. The second kappa shape index (κ2) is 19.0. The first-order valence-corrected chi connectivity index (χ1v) is 12.8. The number of amides is 2. The number of aliphatic hydroxyl groups excluding tert-OH is 2. The minimum atomic E-state index is -2.27. The van der Waals surface area contributed by atoms with Crippen molar-refractivity contribution in [2.75, 3.05) is 13.2 Å². The van der Waals surface area contributed by atoms with Gasteiger partial charge < -0.3 is 29.9 Å². The molecule has 10 N–H and O–H groups in total. The summed E-state index contributed by atoms with van der Waals surface area (Å²) in [6, 6.07) is 12.0. The number of carboxylic acids is 2. The summed E-state index contributed by atoms with van der Waals surface area (Å²) in [6.07, 6.45) is -4.53. The Morgan fingerprint density at radius 1 is 0.690 bits per heavy atom. The zero-order valence-electron chi connectivity index (χ0n) is 24.6. The van der Waals surface area contributed by atoms with Crippen LogP contribution in [0.5, 0.6) is 11.5 Å². The van der Waals surface area contributed by atoms with Crippen LogP contribution < -0.4 is 32.0 Å². The molecule has 2 atom stereocenters. The molecule has 0 saturated heterocycles. The van der Waals surface area contributed by atoms with Crippen molar-refractivity contribution < 1.29 is 49.1 Å². The highest BCUT2D eigenvalue weighted by atomic mass is 16.5. The van der Waals surface area contributed by atoms with E-state index < -0.39 is 24.1 Å². The number of hydrogen-bond acceptors (Lipinski definition) is 10. The minimum absolute atomic E-state index is 0.0559. The lowest BCUT2D eigenvalue weighted by Gasteiger charge is -2.14. The van der Waals surface area contributed by atoms with Gasteiger partial charge in [0, 0.05) is 0 Å². The molecule has 14 nitrogen and oxygen atoms in total. The van der Waals surface area contributed by atoms with Crippen molar-refractivity contribution in [2.45, 2.75) is 65.6 Å². The maximum atomic E-state index is 11.0. The Bertz CT molecular complexity index is 1100. The molecule has 0 spiro atoms. The second-order valence-corrected chi connectivity index (χ2v) is 9.67. The molecule has 14 heteroatoms. The number of aliphatic carboxylic acids is 2. The predicted molar refractivity (Wildman–Crippen MR) is 153 cm³/mol. The van der Waals surface area contributed by atoms with Crippen LogP contribution in [0.4, 0.5) is 0 Å². The number of nitrogens with one attached hydrogen (secondary N) is 2. The quantitative estimate of drug-likeness (QED) is 0.103. The third-order valence-electron chi connectivity index (χ3n) is 5.43. The van der Waals surface area contributed by atoms with Gasteiger partial charge in [-0.05, 0) is 60.1 Å². The maximum absolute atomic E-state index is 11.0. The lowest BCUT2D eigenvalue weighted by atomic mass is 10.0. The van der Waals surface area contributed by atoms with E-state index >= 15 is 0 Å². The fourth-order valence-corrected chi connectivity index (χ4v) is 3.13. The number of aliphatic hydroxyl groups is 2. The average Bonchev–Trinajstić information content (AvgIpc) is 2.93. The van der Waals surface area contributed by atoms with E-state index in [1.165, 1.54) is 0 Å². The van der Waals surface area contributed by atoms with Crippen molar-refractivity contribution in [2.24, 2.45) is 11.7 Å². The molecule has 0 bridgehead atoms. The van der Waals surface area contributed by atoms with Gasteiger partial charge in [0.15, 0.2) is 25.4 Å². The molecule has 0 saturated carbocycles. The Labute approximate surface area is 244 Å². The van der Waals surface area contributed by atoms with Crippen LogP contribution in [0.2, 0.25) is 0 Å². The highest BCUT2D eigenvalue weighted by Gasteiger charge is 2.29. The molecule has 234 valence electrons. The summed E-state index contributed by atoms with van der Waals surface area (Å²) < 4.78 is 10.9. The Balaban J connectivity index is 0.000000620. The van der Waals surface area contributed by atoms with Crippen molar-refractivity contribution >= 4 is 23.8 Å². The Kier molecular flexibility index (Phi) is 17.1. The summed E-state index contributed by atoms with van der Waals surface area (Å²) in [4.78, 5) is 41.5. The van der Waals surface area contributed by atoms with Crippen molar-refractivity contribution in [1.82, 2.24) is 10.9 Å². The number of benzene rings is 2. The molecule has 0 aromatic heterocycles. The molecule has 0 heterocycles. The SMILES string of the molecule is Cc1ccc(C(C)C)c(OCC(=O)NN)c1.Cc1ccc(C(C)C)c(OCC(=O)NN)c1.O=C(O)C(O)C(O)C(=O)O. The lowest BCUT2D eigenvalue weighted by molar-refractivity contribution is -0.165. The summed E-state index contributed by atoms with van der Waals surface area (Å²) in [5, 5.41) is 32.5. The number of carbonyl (C=O) groups excluding carboxylic acids is 2. The first-order chi connectivity index (χ1) is 19.5. The van der Waals surface area contributed by atoms with E-state index in [-0.39, 0.29) is 25.0 Å². The van der Waals surface area contributed by atoms with Gasteiger partial charge in [-0.1, -0.05) is 52.0 Å². The van der Waals surface area contributed by atoms with Crippen molar-refractivity contribution in [3.8, 4) is 11.5 Å². The van der Waals surface area contributed by atoms with Crippen LogP contribution in [0.15, 0.2) is 36.4 Å². The summed E-state index contributed by atoms with van der Waals surface area (Å²) in [5.74, 6) is 7.97. The molecule has 0 aliphatic carbocycles. The molecule has 42 heavy (non-hydrogen) atoms. The van der Waals surface area contributed by atoms with Gasteiger partial charge in [-0.25, -0.2) is 21.3 Å². The molecule has 0 aliphatic heterocycles. The predicted octanol–water partition coefficient (Wildman–Crippen LogP) is 0.852. The van der Waals surface area contributed by atoms with E-state index in [0.29, 0.717) is 11.8 Å². The summed E-state index contributed by atoms with van der Waals surface area (Å²) in [6.45, 7) is 12.2. The number of carboxylic acid groups (broad SMARTS) is 2. The molecule has 2 aromatic rings. The number of nitrogens with two attached hydrogens (primary N) is 2. The molecule has 0 radical (unpaired) electrons. The summed E-state index contributed by atoms with van der Waals surface area (Å²) in [7, 11) is 0. The first-order valence-electron chi connectivity index (χ1n) is 12.8. The topological polar surface area (TPSA) is 244 Å². The standard InChI is InChI=1S/2C12H18N2O2.C4H6O6/c2*1-8(2)10-5-4-9(3)6-11(10)16-7-12(15)14-13;5-1(3(7)8)2(6)4(9)10/h2*4-6,8H,7,13H2,1-3H3,(H,14,15);1-2,5-6H,(H,7,8)(H,9,10). The van der Waals surface area contributed by atoms with E-state index in [1.54, 1.807) is 0 Å². The van der Waals surface area contributed by atoms with E-state index in [0.717, 1.165) is 33.8 Å². The van der Waals surface area contributed by atoms with Gasteiger partial charge >= 0.3 is 11.9 Å². The fourth-order valence-electron chi connectivity index (χ4n) is 3.13. The molecule has 2 rings (SSSR count). The highest BCUT2D eigenvalue weighted by molar-refractivity contribution is 5.83. The van der Waals surface area contributed by atoms with Crippen molar-refractivity contribution in [1.29, 1.82) is 0 Å². The lowest BCUT2D eigenvalue weighted by Crippen LogP contribution is -2.39. The second-order valence-electron chi connectivity index (χ2n) is 9.67.